The first-order valence-electron chi connectivity index (χ1n) is 6.89. The van der Waals surface area contributed by atoms with Crippen LogP contribution in [0.5, 0.6) is 0 Å². The molecule has 1 aromatic carbocycles. The maximum atomic E-state index is 2.12. The summed E-state index contributed by atoms with van der Waals surface area (Å²) < 4.78 is 0. The first-order chi connectivity index (χ1) is 9.88. The zero-order chi connectivity index (χ0) is 14.5. The molecule has 0 nitrogen and oxygen atoms in total. The summed E-state index contributed by atoms with van der Waals surface area (Å²) in [6.07, 6.45) is 24.5. The molecular weight excluding hydrogens is 240 g/mol. The Labute approximate surface area is 122 Å². The van der Waals surface area contributed by atoms with Crippen LogP contribution in [0.1, 0.15) is 25.0 Å². The van der Waals surface area contributed by atoms with Crippen LogP contribution in [0.2, 0.25) is 0 Å². The molecule has 0 atom stereocenters. The van der Waals surface area contributed by atoms with Gasteiger partial charge in [0, 0.05) is 0 Å². The number of hydrogen-bond donors (Lipinski definition) is 0. The van der Waals surface area contributed by atoms with E-state index in [0.29, 0.717) is 0 Å². The molecular formula is C20H22. The lowest BCUT2D eigenvalue weighted by Gasteiger charge is -1.98. The molecule has 0 fully saturated rings. The first kappa shape index (κ1) is 15.7. The number of rotatable bonds is 6. The molecule has 1 rings (SSSR count). The van der Waals surface area contributed by atoms with Gasteiger partial charge < -0.3 is 0 Å². The van der Waals surface area contributed by atoms with E-state index in [0.717, 1.165) is 0 Å². The molecule has 0 aromatic heterocycles. The van der Waals surface area contributed by atoms with E-state index < -0.39 is 0 Å². The largest absolute Gasteiger partial charge is 0.0877 e. The van der Waals surface area contributed by atoms with Crippen LogP contribution >= 0.6 is 0 Å². The summed E-state index contributed by atoms with van der Waals surface area (Å²) in [5.41, 5.74) is 2.44. The zero-order valence-corrected chi connectivity index (χ0v) is 12.2. The third-order valence-electron chi connectivity index (χ3n) is 2.60. The van der Waals surface area contributed by atoms with Crippen molar-refractivity contribution in [3.63, 3.8) is 0 Å². The minimum absolute atomic E-state index is 1.22. The minimum atomic E-state index is 1.22. The van der Waals surface area contributed by atoms with Crippen LogP contribution in [0.15, 0.2) is 85.0 Å². The Morgan fingerprint density at radius 2 is 0.950 bits per heavy atom. The molecule has 0 aliphatic rings. The molecule has 102 valence electrons. The quantitative estimate of drug-likeness (QED) is 0.553. The van der Waals surface area contributed by atoms with Crippen molar-refractivity contribution in [1.82, 2.24) is 0 Å². The lowest BCUT2D eigenvalue weighted by Crippen LogP contribution is -1.78. The summed E-state index contributed by atoms with van der Waals surface area (Å²) in [6.45, 7) is 4.02. The highest BCUT2D eigenvalue weighted by molar-refractivity contribution is 5.66. The molecule has 0 unspecified atom stereocenters. The summed E-state index contributed by atoms with van der Waals surface area (Å²) >= 11 is 0. The fourth-order valence-corrected chi connectivity index (χ4v) is 1.61. The van der Waals surface area contributed by atoms with E-state index in [1.165, 1.54) is 11.1 Å². The Hall–Kier alpha value is -2.34. The highest BCUT2D eigenvalue weighted by Crippen LogP contribution is 2.12. The Kier molecular flexibility index (Phi) is 8.31. The van der Waals surface area contributed by atoms with E-state index in [4.69, 9.17) is 0 Å². The molecule has 0 spiro atoms. The monoisotopic (exact) mass is 262 g/mol. The van der Waals surface area contributed by atoms with Gasteiger partial charge in [0.2, 0.25) is 0 Å². The van der Waals surface area contributed by atoms with Gasteiger partial charge in [-0.15, -0.1) is 0 Å². The zero-order valence-electron chi connectivity index (χ0n) is 12.2. The molecule has 0 amide bonds. The van der Waals surface area contributed by atoms with Crippen molar-refractivity contribution < 1.29 is 0 Å². The predicted molar refractivity (Wildman–Crippen MR) is 92.4 cm³/mol. The molecule has 0 N–H and O–H groups in total. The van der Waals surface area contributed by atoms with Crippen LogP contribution in [0.4, 0.5) is 0 Å². The summed E-state index contributed by atoms with van der Waals surface area (Å²) in [7, 11) is 0. The summed E-state index contributed by atoms with van der Waals surface area (Å²) in [5.74, 6) is 0. The molecule has 0 heterocycles. The van der Waals surface area contributed by atoms with Gasteiger partial charge >= 0.3 is 0 Å². The van der Waals surface area contributed by atoms with Crippen LogP contribution < -0.4 is 0 Å². The molecule has 0 aliphatic heterocycles. The van der Waals surface area contributed by atoms with E-state index in [2.05, 4.69) is 48.6 Å². The molecule has 0 saturated heterocycles. The standard InChI is InChI=1S/C20H22/c1-3-5-7-8-9-10-12-16-20-18-14-13-17-19(20)15-11-6-4-2/h3-18H,1-2H3/b5-3+,6-4+,8-7-,10-9+,15-11+,16-12-. The van der Waals surface area contributed by atoms with E-state index in [-0.39, 0.29) is 0 Å². The molecule has 0 bridgehead atoms. The fraction of sp³-hybridized carbons (Fsp3) is 0.100. The summed E-state index contributed by atoms with van der Waals surface area (Å²) in [4.78, 5) is 0. The fourth-order valence-electron chi connectivity index (χ4n) is 1.61. The van der Waals surface area contributed by atoms with Gasteiger partial charge in [0.25, 0.3) is 0 Å². The van der Waals surface area contributed by atoms with Crippen molar-refractivity contribution in [3.05, 3.63) is 96.2 Å². The molecule has 0 radical (unpaired) electrons. The van der Waals surface area contributed by atoms with Crippen LogP contribution in [0.3, 0.4) is 0 Å². The van der Waals surface area contributed by atoms with Gasteiger partial charge in [-0.3, -0.25) is 0 Å². The SMILES string of the molecule is C/C=C/C=C\C=C\C=C/c1ccccc1/C=C/C=C/C. The lowest BCUT2D eigenvalue weighted by atomic mass is 10.1. The van der Waals surface area contributed by atoms with Crippen molar-refractivity contribution >= 4 is 12.2 Å². The molecule has 1 aromatic rings. The number of allylic oxidation sites excluding steroid dienone is 10. The number of hydrogen-bond acceptors (Lipinski definition) is 0. The van der Waals surface area contributed by atoms with E-state index in [1.54, 1.807) is 0 Å². The second kappa shape index (κ2) is 10.6. The van der Waals surface area contributed by atoms with Crippen molar-refractivity contribution in [2.24, 2.45) is 0 Å². The summed E-state index contributed by atoms with van der Waals surface area (Å²) in [5, 5.41) is 0. The first-order valence-corrected chi connectivity index (χ1v) is 6.89. The molecule has 20 heavy (non-hydrogen) atoms. The van der Waals surface area contributed by atoms with E-state index in [1.807, 2.05) is 62.5 Å². The maximum absolute atomic E-state index is 2.12. The van der Waals surface area contributed by atoms with Crippen LogP contribution in [0, 0.1) is 0 Å². The highest BCUT2D eigenvalue weighted by Gasteiger charge is 1.92. The molecule has 0 aliphatic carbocycles. The lowest BCUT2D eigenvalue weighted by molar-refractivity contribution is 1.61. The summed E-state index contributed by atoms with van der Waals surface area (Å²) in [6, 6.07) is 8.36. The highest BCUT2D eigenvalue weighted by atomic mass is 14.0. The number of benzene rings is 1. The van der Waals surface area contributed by atoms with E-state index in [9.17, 15) is 0 Å². The van der Waals surface area contributed by atoms with Crippen molar-refractivity contribution in [2.45, 2.75) is 13.8 Å². The maximum Gasteiger partial charge on any atom is -0.0184 e. The topological polar surface area (TPSA) is 0 Å². The van der Waals surface area contributed by atoms with Gasteiger partial charge in [-0.25, -0.2) is 0 Å². The van der Waals surface area contributed by atoms with Gasteiger partial charge in [0.1, 0.15) is 0 Å². The average molecular weight is 262 g/mol. The second-order valence-electron chi connectivity index (χ2n) is 4.17. The van der Waals surface area contributed by atoms with Gasteiger partial charge in [0.05, 0.1) is 0 Å². The Morgan fingerprint density at radius 1 is 0.550 bits per heavy atom. The molecule has 0 saturated carbocycles. The van der Waals surface area contributed by atoms with Crippen LogP contribution in [0.25, 0.3) is 12.2 Å². The predicted octanol–water partition coefficient (Wildman–Crippen LogP) is 5.98. The average Bonchev–Trinajstić information content (AvgIpc) is 2.48. The normalized spacial score (nSPS) is 13.3. The van der Waals surface area contributed by atoms with Gasteiger partial charge in [0.15, 0.2) is 0 Å². The smallest absolute Gasteiger partial charge is 0.0184 e. The van der Waals surface area contributed by atoms with Gasteiger partial charge in [-0.2, -0.15) is 0 Å². The van der Waals surface area contributed by atoms with Crippen molar-refractivity contribution in [1.29, 1.82) is 0 Å². The van der Waals surface area contributed by atoms with E-state index >= 15 is 0 Å². The second-order valence-corrected chi connectivity index (χ2v) is 4.17. The van der Waals surface area contributed by atoms with Gasteiger partial charge in [-0.1, -0.05) is 97.2 Å². The van der Waals surface area contributed by atoms with Gasteiger partial charge in [-0.05, 0) is 25.0 Å². The third-order valence-corrected chi connectivity index (χ3v) is 2.60. The Morgan fingerprint density at radius 3 is 1.50 bits per heavy atom. The Bertz CT molecular complexity index is 549. The van der Waals surface area contributed by atoms with Crippen LogP contribution in [-0.2, 0) is 0 Å². The Balaban J connectivity index is 2.72. The molecule has 0 heteroatoms. The minimum Gasteiger partial charge on any atom is -0.0877 e. The third kappa shape index (κ3) is 6.55. The van der Waals surface area contributed by atoms with Crippen LogP contribution in [-0.4, -0.2) is 0 Å². The van der Waals surface area contributed by atoms with Crippen molar-refractivity contribution in [2.75, 3.05) is 0 Å². The van der Waals surface area contributed by atoms with Crippen molar-refractivity contribution in [3.8, 4) is 0 Å².